The van der Waals surface area contributed by atoms with Gasteiger partial charge in [-0.25, -0.2) is 0 Å². The Morgan fingerprint density at radius 2 is 0.476 bits per heavy atom. The molecular weight excluding hydrogens is 1140 g/mol. The van der Waals surface area contributed by atoms with E-state index in [9.17, 15) is 19.2 Å². The second-order valence-corrected chi connectivity index (χ2v) is 30.1. The highest BCUT2D eigenvalue weighted by Gasteiger charge is 2.33. The Labute approximate surface area is 513 Å². The Hall–Kier alpha value is -4.80. The summed E-state index contributed by atoms with van der Waals surface area (Å²) >= 11 is 5.88. The third-order valence-electron chi connectivity index (χ3n) is 15.2. The number of amides is 4. The van der Waals surface area contributed by atoms with E-state index in [1.165, 1.54) is 47.0 Å². The average molecular weight is 1230 g/mol. The molecular formula is C64H84N4O12S4. The number of carbonyl (C=O) groups excluding carboxylic acids is 4. The summed E-state index contributed by atoms with van der Waals surface area (Å²) in [7, 11) is 0. The molecule has 5 heterocycles. The van der Waals surface area contributed by atoms with Gasteiger partial charge in [0.05, 0.1) is 92.0 Å². The van der Waals surface area contributed by atoms with Crippen LogP contribution in [0.25, 0.3) is 0 Å². The van der Waals surface area contributed by atoms with Crippen LogP contribution in [0.2, 0.25) is 0 Å². The summed E-state index contributed by atoms with van der Waals surface area (Å²) in [5.41, 5.74) is 2.53. The number of rotatable bonds is 12. The maximum absolute atomic E-state index is 14.2. The molecule has 4 aromatic rings. The number of carbonyl (C=O) groups is 4. The molecule has 0 spiro atoms. The number of fused-ring (bicyclic) bond motifs is 8. The van der Waals surface area contributed by atoms with Gasteiger partial charge in [0.25, 0.3) is 23.6 Å². The number of nitrogens with zero attached hydrogens (tertiary/aromatic N) is 4. The van der Waals surface area contributed by atoms with E-state index in [0.717, 1.165) is 61.4 Å². The van der Waals surface area contributed by atoms with Gasteiger partial charge in [0.15, 0.2) is 26.4 Å². The Morgan fingerprint density at radius 1 is 0.321 bits per heavy atom. The highest BCUT2D eigenvalue weighted by atomic mass is 32.2. The van der Waals surface area contributed by atoms with Crippen molar-refractivity contribution in [2.45, 2.75) is 144 Å². The van der Waals surface area contributed by atoms with Crippen LogP contribution in [0.15, 0.2) is 87.7 Å². The molecule has 4 aromatic carbocycles. The van der Waals surface area contributed by atoms with Gasteiger partial charge >= 0.3 is 0 Å². The summed E-state index contributed by atoms with van der Waals surface area (Å²) in [6.45, 7) is 32.4. The van der Waals surface area contributed by atoms with Crippen LogP contribution in [-0.2, 0) is 59.8 Å². The third-order valence-corrected chi connectivity index (χ3v) is 19.4. The van der Waals surface area contributed by atoms with Crippen molar-refractivity contribution in [2.75, 3.05) is 132 Å². The zero-order valence-electron chi connectivity index (χ0n) is 51.1. The van der Waals surface area contributed by atoms with Crippen molar-refractivity contribution in [1.82, 2.24) is 19.6 Å². The van der Waals surface area contributed by atoms with Gasteiger partial charge < -0.3 is 57.5 Å². The van der Waals surface area contributed by atoms with E-state index in [0.29, 0.717) is 128 Å². The minimum absolute atomic E-state index is 0.161. The second kappa shape index (κ2) is 27.1. The van der Waals surface area contributed by atoms with Crippen LogP contribution in [0.3, 0.4) is 0 Å². The SMILES string of the molecule is CC(C)(C)c1cc2c(OCC(=O)N3CCOCC3)c(c1)Sc1cc(C(C)(C)C)cc(c1OCC(=O)N1CCOCC1)Sc1cc(C(C)(C)C)cc(c1OCC(=O)N1CCOCC1)Sc1cc(C(C)(C)C)cc(c1OCC(=O)N1CCOCC1)S2. The topological polar surface area (TPSA) is 155 Å². The first kappa shape index (κ1) is 63.7. The van der Waals surface area contributed by atoms with Crippen molar-refractivity contribution >= 4 is 70.7 Å². The summed E-state index contributed by atoms with van der Waals surface area (Å²) in [5, 5.41) is 0. The lowest BCUT2D eigenvalue weighted by molar-refractivity contribution is -0.138. The Morgan fingerprint density at radius 3 is 0.619 bits per heavy atom. The van der Waals surface area contributed by atoms with Gasteiger partial charge in [-0.1, -0.05) is 130 Å². The highest BCUT2D eigenvalue weighted by molar-refractivity contribution is 8.01. The molecule has 0 aliphatic carbocycles. The molecule has 4 saturated heterocycles. The van der Waals surface area contributed by atoms with Gasteiger partial charge in [-0.05, 0) is 92.4 Å². The monoisotopic (exact) mass is 1230 g/mol. The molecule has 9 rings (SSSR count). The van der Waals surface area contributed by atoms with Crippen LogP contribution in [0, 0.1) is 0 Å². The molecule has 456 valence electrons. The number of morpholine rings is 4. The first-order chi connectivity index (χ1) is 39.8. The number of hydrogen-bond acceptors (Lipinski definition) is 16. The second-order valence-electron chi connectivity index (χ2n) is 25.7. The van der Waals surface area contributed by atoms with Gasteiger partial charge in [0.1, 0.15) is 23.0 Å². The quantitative estimate of drug-likeness (QED) is 0.116. The maximum Gasteiger partial charge on any atom is 0.260 e. The summed E-state index contributed by atoms with van der Waals surface area (Å²) < 4.78 is 50.5. The zero-order chi connectivity index (χ0) is 60.1. The van der Waals surface area contributed by atoms with Crippen molar-refractivity contribution in [3.05, 3.63) is 70.8 Å². The molecule has 84 heavy (non-hydrogen) atoms. The van der Waals surface area contributed by atoms with E-state index in [4.69, 9.17) is 37.9 Å². The van der Waals surface area contributed by atoms with E-state index in [-0.39, 0.29) is 71.7 Å². The van der Waals surface area contributed by atoms with E-state index in [1.807, 2.05) is 0 Å². The van der Waals surface area contributed by atoms with Gasteiger partial charge in [0.2, 0.25) is 0 Å². The van der Waals surface area contributed by atoms with Crippen molar-refractivity contribution in [2.24, 2.45) is 0 Å². The van der Waals surface area contributed by atoms with Crippen LogP contribution in [0.4, 0.5) is 0 Å². The van der Waals surface area contributed by atoms with Crippen molar-refractivity contribution in [3.63, 3.8) is 0 Å². The standard InChI is InChI=1S/C64H84N4O12S4/c1-61(2,3)41-29-45-57(77-37-53(69)65-13-21-73-22-14-65)46(30-41)82-48-32-43(63(7,8)9)34-50(59(48)79-39-55(71)67-17-25-75-26-18-67)84-52-36-44(64(10,11)12)35-51(60(52)80-40-56(72)68-19-27-76-28-20-68)83-49-33-42(62(4,5)6)31-47(81-45)58(49)78-38-54(70)66-15-23-74-24-16-66/h29-36H,13-28,37-40H2,1-12H3. The molecule has 5 aliphatic rings. The van der Waals surface area contributed by atoms with Gasteiger partial charge in [-0.15, -0.1) is 0 Å². The normalized spacial score (nSPS) is 17.4. The number of hydrogen-bond donors (Lipinski definition) is 0. The number of benzene rings is 4. The smallest absolute Gasteiger partial charge is 0.260 e. The van der Waals surface area contributed by atoms with E-state index in [2.05, 4.69) is 132 Å². The van der Waals surface area contributed by atoms with Crippen molar-refractivity contribution < 1.29 is 57.1 Å². The summed E-state index contributed by atoms with van der Waals surface area (Å²) in [6, 6.07) is 17.2. The molecule has 5 aliphatic heterocycles. The predicted octanol–water partition coefficient (Wildman–Crippen LogP) is 10.7. The largest absolute Gasteiger partial charge is 0.481 e. The van der Waals surface area contributed by atoms with Gasteiger partial charge in [-0.2, -0.15) is 0 Å². The lowest BCUT2D eigenvalue weighted by Crippen LogP contribution is -2.43. The molecule has 0 N–H and O–H groups in total. The molecule has 8 bridgehead atoms. The minimum atomic E-state index is -0.378. The molecule has 0 atom stereocenters. The third kappa shape index (κ3) is 16.0. The fraction of sp³-hybridized carbons (Fsp3) is 0.562. The summed E-state index contributed by atoms with van der Waals surface area (Å²) in [6.07, 6.45) is 0. The lowest BCUT2D eigenvalue weighted by atomic mass is 9.87. The van der Waals surface area contributed by atoms with Crippen LogP contribution in [0.5, 0.6) is 23.0 Å². The summed E-state index contributed by atoms with van der Waals surface area (Å²) in [4.78, 5) is 69.9. The minimum Gasteiger partial charge on any atom is -0.481 e. The Kier molecular flexibility index (Phi) is 20.5. The fourth-order valence-electron chi connectivity index (χ4n) is 9.84. The number of ether oxygens (including phenoxy) is 8. The first-order valence-corrected chi connectivity index (χ1v) is 32.5. The molecule has 0 saturated carbocycles. The molecule has 4 fully saturated rings. The molecule has 0 unspecified atom stereocenters. The van der Waals surface area contributed by atoms with E-state index >= 15 is 0 Å². The molecule has 20 heteroatoms. The van der Waals surface area contributed by atoms with Crippen LogP contribution >= 0.6 is 47.0 Å². The maximum atomic E-state index is 14.2. The Balaban J connectivity index is 1.33. The summed E-state index contributed by atoms with van der Waals surface area (Å²) in [5.74, 6) is 1.31. The van der Waals surface area contributed by atoms with Crippen LogP contribution < -0.4 is 18.9 Å². The Bertz CT molecular complexity index is 2550. The van der Waals surface area contributed by atoms with Gasteiger partial charge in [-0.3, -0.25) is 19.2 Å². The molecule has 16 nitrogen and oxygen atoms in total. The van der Waals surface area contributed by atoms with Crippen LogP contribution in [-0.4, -0.2) is 175 Å². The molecule has 0 radical (unpaired) electrons. The lowest BCUT2D eigenvalue weighted by Gasteiger charge is -2.30. The van der Waals surface area contributed by atoms with Crippen molar-refractivity contribution in [3.8, 4) is 23.0 Å². The predicted molar refractivity (Wildman–Crippen MR) is 329 cm³/mol. The first-order valence-electron chi connectivity index (χ1n) is 29.2. The van der Waals surface area contributed by atoms with Gasteiger partial charge in [0, 0.05) is 52.4 Å². The fourth-order valence-corrected chi connectivity index (χ4v) is 14.6. The zero-order valence-corrected chi connectivity index (χ0v) is 54.3. The van der Waals surface area contributed by atoms with E-state index in [1.54, 1.807) is 19.6 Å². The highest BCUT2D eigenvalue weighted by Crippen LogP contribution is 2.56. The molecule has 0 aromatic heterocycles. The van der Waals surface area contributed by atoms with Crippen molar-refractivity contribution in [1.29, 1.82) is 0 Å². The molecule has 4 amide bonds. The average Bonchev–Trinajstić information content (AvgIpc) is 1.39. The van der Waals surface area contributed by atoms with Crippen LogP contribution in [0.1, 0.15) is 105 Å². The van der Waals surface area contributed by atoms with E-state index < -0.39 is 0 Å².